The Labute approximate surface area is 127 Å². The normalized spacial score (nSPS) is 16.5. The van der Waals surface area contributed by atoms with Crippen molar-refractivity contribution in [1.82, 2.24) is 5.32 Å². The first-order chi connectivity index (χ1) is 10.2. The highest BCUT2D eigenvalue weighted by Gasteiger charge is 2.27. The van der Waals surface area contributed by atoms with E-state index in [4.69, 9.17) is 0 Å². The standard InChI is InChI=1S/C17H16FNOS/c18-14-6-3-4-12(10-14)8-9-19-17(20)16-11-13-5-1-2-7-15(13)21-16/h1-7,10,16H,8-9,11H2,(H,19,20). The monoisotopic (exact) mass is 301 g/mol. The zero-order valence-corrected chi connectivity index (χ0v) is 12.3. The molecule has 0 aliphatic carbocycles. The smallest absolute Gasteiger partial charge is 0.233 e. The van der Waals surface area contributed by atoms with Crippen LogP contribution in [0.5, 0.6) is 0 Å². The summed E-state index contributed by atoms with van der Waals surface area (Å²) < 4.78 is 13.1. The number of benzene rings is 2. The summed E-state index contributed by atoms with van der Waals surface area (Å²) in [5.74, 6) is -0.173. The molecule has 108 valence electrons. The average molecular weight is 301 g/mol. The van der Waals surface area contributed by atoms with E-state index in [0.29, 0.717) is 13.0 Å². The summed E-state index contributed by atoms with van der Waals surface area (Å²) in [4.78, 5) is 13.4. The quantitative estimate of drug-likeness (QED) is 0.939. The first kappa shape index (κ1) is 14.1. The van der Waals surface area contributed by atoms with Gasteiger partial charge in [0.05, 0.1) is 5.25 Å². The van der Waals surface area contributed by atoms with E-state index >= 15 is 0 Å². The lowest BCUT2D eigenvalue weighted by molar-refractivity contribution is -0.120. The summed E-state index contributed by atoms with van der Waals surface area (Å²) in [6.07, 6.45) is 1.43. The first-order valence-corrected chi connectivity index (χ1v) is 7.87. The second kappa shape index (κ2) is 6.31. The molecule has 2 aromatic carbocycles. The first-order valence-electron chi connectivity index (χ1n) is 6.99. The van der Waals surface area contributed by atoms with Crippen LogP contribution in [0.3, 0.4) is 0 Å². The number of thioether (sulfide) groups is 1. The van der Waals surface area contributed by atoms with Crippen LogP contribution in [-0.2, 0) is 17.6 Å². The number of hydrogen-bond donors (Lipinski definition) is 1. The molecule has 2 aromatic rings. The molecule has 1 aliphatic rings. The predicted octanol–water partition coefficient (Wildman–Crippen LogP) is 3.20. The van der Waals surface area contributed by atoms with Gasteiger partial charge >= 0.3 is 0 Å². The number of carbonyl (C=O) groups excluding carboxylic acids is 1. The van der Waals surface area contributed by atoms with Gasteiger partial charge in [-0.05, 0) is 42.2 Å². The van der Waals surface area contributed by atoms with Gasteiger partial charge in [-0.3, -0.25) is 4.79 Å². The summed E-state index contributed by atoms with van der Waals surface area (Å²) in [6.45, 7) is 0.537. The number of amides is 1. The lowest BCUT2D eigenvalue weighted by Gasteiger charge is -2.10. The van der Waals surface area contributed by atoms with Crippen LogP contribution in [0.1, 0.15) is 11.1 Å². The van der Waals surface area contributed by atoms with Crippen LogP contribution in [0.15, 0.2) is 53.4 Å². The minimum Gasteiger partial charge on any atom is -0.355 e. The molecule has 1 unspecified atom stereocenters. The number of rotatable bonds is 4. The highest BCUT2D eigenvalue weighted by Crippen LogP contribution is 2.36. The molecule has 21 heavy (non-hydrogen) atoms. The number of hydrogen-bond acceptors (Lipinski definition) is 2. The van der Waals surface area contributed by atoms with Crippen molar-refractivity contribution in [2.45, 2.75) is 23.0 Å². The Balaban J connectivity index is 1.50. The topological polar surface area (TPSA) is 29.1 Å². The third kappa shape index (κ3) is 3.45. The fourth-order valence-corrected chi connectivity index (χ4v) is 3.68. The minimum absolute atomic E-state index is 0.0464. The summed E-state index contributed by atoms with van der Waals surface area (Å²) in [5, 5.41) is 2.90. The molecule has 4 heteroatoms. The van der Waals surface area contributed by atoms with Gasteiger partial charge in [-0.1, -0.05) is 30.3 Å². The number of fused-ring (bicyclic) bond motifs is 1. The summed E-state index contributed by atoms with van der Waals surface area (Å²) >= 11 is 1.62. The number of halogens is 1. The zero-order chi connectivity index (χ0) is 14.7. The van der Waals surface area contributed by atoms with E-state index in [1.54, 1.807) is 17.8 Å². The van der Waals surface area contributed by atoms with Crippen LogP contribution in [0, 0.1) is 5.82 Å². The van der Waals surface area contributed by atoms with E-state index in [-0.39, 0.29) is 17.0 Å². The van der Waals surface area contributed by atoms with Crippen molar-refractivity contribution in [2.24, 2.45) is 0 Å². The molecule has 0 saturated heterocycles. The Hall–Kier alpha value is -1.81. The Bertz CT molecular complexity index is 634. The second-order valence-electron chi connectivity index (χ2n) is 5.09. The lowest BCUT2D eigenvalue weighted by Crippen LogP contribution is -2.33. The average Bonchev–Trinajstić information content (AvgIpc) is 2.91. The van der Waals surface area contributed by atoms with E-state index in [1.165, 1.54) is 22.6 Å². The van der Waals surface area contributed by atoms with Gasteiger partial charge in [-0.2, -0.15) is 0 Å². The van der Waals surface area contributed by atoms with E-state index in [0.717, 1.165) is 12.0 Å². The molecule has 0 aromatic heterocycles. The highest BCUT2D eigenvalue weighted by molar-refractivity contribution is 8.01. The SMILES string of the molecule is O=C(NCCc1cccc(F)c1)C1Cc2ccccc2S1. The van der Waals surface area contributed by atoms with Gasteiger partial charge in [0, 0.05) is 11.4 Å². The third-order valence-corrected chi connectivity index (χ3v) is 4.86. The summed E-state index contributed by atoms with van der Waals surface area (Å²) in [5.41, 5.74) is 2.14. The molecule has 0 saturated carbocycles. The maximum atomic E-state index is 13.1. The van der Waals surface area contributed by atoms with Gasteiger partial charge in [0.1, 0.15) is 5.82 Å². The zero-order valence-electron chi connectivity index (χ0n) is 11.5. The molecule has 1 amide bonds. The maximum absolute atomic E-state index is 13.1. The minimum atomic E-state index is -0.236. The van der Waals surface area contributed by atoms with Crippen LogP contribution in [0.2, 0.25) is 0 Å². The van der Waals surface area contributed by atoms with E-state index in [1.807, 2.05) is 18.2 Å². The third-order valence-electron chi connectivity index (χ3n) is 3.54. The Morgan fingerprint density at radius 1 is 1.24 bits per heavy atom. The van der Waals surface area contributed by atoms with E-state index in [9.17, 15) is 9.18 Å². The molecule has 0 fully saturated rings. The number of carbonyl (C=O) groups is 1. The molecule has 1 N–H and O–H groups in total. The second-order valence-corrected chi connectivity index (χ2v) is 6.33. The van der Waals surface area contributed by atoms with Gasteiger partial charge in [-0.25, -0.2) is 4.39 Å². The fraction of sp³-hybridized carbons (Fsp3) is 0.235. The van der Waals surface area contributed by atoms with Crippen molar-refractivity contribution >= 4 is 17.7 Å². The van der Waals surface area contributed by atoms with Crippen molar-refractivity contribution in [3.8, 4) is 0 Å². The van der Waals surface area contributed by atoms with Gasteiger partial charge in [0.15, 0.2) is 0 Å². The summed E-state index contributed by atoms with van der Waals surface area (Å²) in [6, 6.07) is 14.6. The van der Waals surface area contributed by atoms with Gasteiger partial charge < -0.3 is 5.32 Å². The fourth-order valence-electron chi connectivity index (χ4n) is 2.46. The molecular weight excluding hydrogens is 285 g/mol. The predicted molar refractivity (Wildman–Crippen MR) is 82.9 cm³/mol. The van der Waals surface area contributed by atoms with Crippen LogP contribution < -0.4 is 5.32 Å². The van der Waals surface area contributed by atoms with Crippen LogP contribution in [-0.4, -0.2) is 17.7 Å². The molecule has 1 atom stereocenters. The molecule has 3 rings (SSSR count). The molecule has 0 bridgehead atoms. The van der Waals surface area contributed by atoms with Crippen LogP contribution >= 0.6 is 11.8 Å². The molecule has 2 nitrogen and oxygen atoms in total. The molecule has 1 heterocycles. The molecule has 0 radical (unpaired) electrons. The van der Waals surface area contributed by atoms with Crippen molar-refractivity contribution < 1.29 is 9.18 Å². The Morgan fingerprint density at radius 2 is 2.10 bits per heavy atom. The van der Waals surface area contributed by atoms with E-state index < -0.39 is 0 Å². The maximum Gasteiger partial charge on any atom is 0.233 e. The van der Waals surface area contributed by atoms with Crippen LogP contribution in [0.25, 0.3) is 0 Å². The largest absolute Gasteiger partial charge is 0.355 e. The highest BCUT2D eigenvalue weighted by atomic mass is 32.2. The van der Waals surface area contributed by atoms with Crippen molar-refractivity contribution in [1.29, 1.82) is 0 Å². The van der Waals surface area contributed by atoms with Crippen molar-refractivity contribution in [2.75, 3.05) is 6.54 Å². The van der Waals surface area contributed by atoms with Gasteiger partial charge in [0.2, 0.25) is 5.91 Å². The van der Waals surface area contributed by atoms with Gasteiger partial charge in [0.25, 0.3) is 0 Å². The summed E-state index contributed by atoms with van der Waals surface area (Å²) in [7, 11) is 0. The molecule has 1 aliphatic heterocycles. The van der Waals surface area contributed by atoms with E-state index in [2.05, 4.69) is 17.4 Å². The Kier molecular flexibility index (Phi) is 4.25. The number of nitrogens with one attached hydrogen (secondary N) is 1. The molecular formula is C17H16FNOS. The van der Waals surface area contributed by atoms with Crippen molar-refractivity contribution in [3.63, 3.8) is 0 Å². The van der Waals surface area contributed by atoms with Crippen LogP contribution in [0.4, 0.5) is 4.39 Å². The Morgan fingerprint density at radius 3 is 2.90 bits per heavy atom. The van der Waals surface area contributed by atoms with Gasteiger partial charge in [-0.15, -0.1) is 11.8 Å². The van der Waals surface area contributed by atoms with Crippen molar-refractivity contribution in [3.05, 3.63) is 65.5 Å². The molecule has 0 spiro atoms. The lowest BCUT2D eigenvalue weighted by atomic mass is 10.1.